The van der Waals surface area contributed by atoms with Gasteiger partial charge in [0.25, 0.3) is 0 Å². The highest BCUT2D eigenvalue weighted by Crippen LogP contribution is 2.17. The summed E-state index contributed by atoms with van der Waals surface area (Å²) in [6, 6.07) is 10.0. The molecule has 8 nitrogen and oxygen atoms in total. The third-order valence-corrected chi connectivity index (χ3v) is 7.43. The number of aliphatic hydroxyl groups excluding tert-OH is 1. The van der Waals surface area contributed by atoms with E-state index in [2.05, 4.69) is 23.6 Å². The molecule has 0 saturated carbocycles. The molecule has 1 saturated heterocycles. The molecule has 1 fully saturated rings. The van der Waals surface area contributed by atoms with Crippen molar-refractivity contribution in [3.05, 3.63) is 70.8 Å². The molecule has 41 heavy (non-hydrogen) atoms. The molecular weight excluding hydrogens is 530 g/mol. The first-order valence-corrected chi connectivity index (χ1v) is 14.5. The summed E-state index contributed by atoms with van der Waals surface area (Å²) in [5.74, 6) is -3.44. The zero-order valence-corrected chi connectivity index (χ0v) is 24.2. The minimum absolute atomic E-state index is 0.0379. The summed E-state index contributed by atoms with van der Waals surface area (Å²) < 4.78 is 27.8. The van der Waals surface area contributed by atoms with Gasteiger partial charge in [0.15, 0.2) is 0 Å². The highest BCUT2D eigenvalue weighted by molar-refractivity contribution is 6.35. The lowest BCUT2D eigenvalue weighted by Crippen LogP contribution is -2.61. The van der Waals surface area contributed by atoms with E-state index in [1.165, 1.54) is 10.5 Å². The number of halogens is 2. The summed E-state index contributed by atoms with van der Waals surface area (Å²) in [5.41, 5.74) is 2.49. The Labute approximate surface area is 241 Å². The Morgan fingerprint density at radius 3 is 2.39 bits per heavy atom. The second-order valence-corrected chi connectivity index (χ2v) is 10.6. The van der Waals surface area contributed by atoms with Gasteiger partial charge in [-0.2, -0.15) is 0 Å². The van der Waals surface area contributed by atoms with Crippen LogP contribution in [-0.4, -0.2) is 77.0 Å². The number of hydrogen-bond acceptors (Lipinski definition) is 5. The molecule has 3 rings (SSSR count). The van der Waals surface area contributed by atoms with Crippen LogP contribution in [0.4, 0.5) is 8.78 Å². The molecule has 1 heterocycles. The van der Waals surface area contributed by atoms with Crippen molar-refractivity contribution in [2.24, 2.45) is 0 Å². The SMILES string of the molecule is CCCCN1C(=O)C(=O)N(CC(=O)N[C@@H](Cc2cc(F)cc(F)c2)[C@H](O)CNCc2cccc(CC)c2)C[C@@H]1CC. The molecule has 0 unspecified atom stereocenters. The van der Waals surface area contributed by atoms with Crippen LogP contribution in [0.5, 0.6) is 0 Å². The molecule has 3 atom stereocenters. The van der Waals surface area contributed by atoms with Gasteiger partial charge >= 0.3 is 11.8 Å². The number of nitrogens with zero attached hydrogens (tertiary/aromatic N) is 2. The molecular formula is C31H42F2N4O4. The molecule has 3 N–H and O–H groups in total. The minimum Gasteiger partial charge on any atom is -0.390 e. The van der Waals surface area contributed by atoms with Gasteiger partial charge in [0.2, 0.25) is 5.91 Å². The second kappa shape index (κ2) is 15.6. The number of aryl methyl sites for hydroxylation is 1. The van der Waals surface area contributed by atoms with Crippen LogP contribution in [0.2, 0.25) is 0 Å². The summed E-state index contributed by atoms with van der Waals surface area (Å²) >= 11 is 0. The molecule has 224 valence electrons. The van der Waals surface area contributed by atoms with E-state index in [0.29, 0.717) is 19.5 Å². The Hall–Kier alpha value is -3.37. The van der Waals surface area contributed by atoms with Crippen LogP contribution >= 0.6 is 0 Å². The fourth-order valence-corrected chi connectivity index (χ4v) is 5.12. The van der Waals surface area contributed by atoms with Crippen molar-refractivity contribution < 1.29 is 28.3 Å². The van der Waals surface area contributed by atoms with E-state index < -0.39 is 41.5 Å². The van der Waals surface area contributed by atoms with Crippen molar-refractivity contribution in [3.8, 4) is 0 Å². The number of amides is 3. The lowest BCUT2D eigenvalue weighted by atomic mass is 10.00. The average Bonchev–Trinajstić information content (AvgIpc) is 2.94. The number of carbonyl (C=O) groups excluding carboxylic acids is 3. The number of carbonyl (C=O) groups is 3. The monoisotopic (exact) mass is 572 g/mol. The molecule has 0 radical (unpaired) electrons. The molecule has 10 heteroatoms. The lowest BCUT2D eigenvalue weighted by molar-refractivity contribution is -0.160. The Morgan fingerprint density at radius 2 is 1.73 bits per heavy atom. The maximum absolute atomic E-state index is 13.9. The molecule has 1 aliphatic rings. The van der Waals surface area contributed by atoms with Crippen LogP contribution in [-0.2, 0) is 33.8 Å². The number of nitrogens with one attached hydrogen (secondary N) is 2. The van der Waals surface area contributed by atoms with Gasteiger partial charge in [-0.15, -0.1) is 0 Å². The number of unbranched alkanes of at least 4 members (excludes halogenated alkanes) is 1. The topological polar surface area (TPSA) is 102 Å². The van der Waals surface area contributed by atoms with Crippen molar-refractivity contribution in [2.75, 3.05) is 26.2 Å². The van der Waals surface area contributed by atoms with Crippen molar-refractivity contribution in [3.63, 3.8) is 0 Å². The Kier molecular flexibility index (Phi) is 12.2. The molecule has 0 bridgehead atoms. The van der Waals surface area contributed by atoms with Gasteiger partial charge in [-0.05, 0) is 54.5 Å². The number of aliphatic hydroxyl groups is 1. The smallest absolute Gasteiger partial charge is 0.312 e. The van der Waals surface area contributed by atoms with Crippen LogP contribution in [0.25, 0.3) is 0 Å². The van der Waals surface area contributed by atoms with E-state index in [0.717, 1.165) is 43.0 Å². The third kappa shape index (κ3) is 9.33. The van der Waals surface area contributed by atoms with E-state index in [1.54, 1.807) is 4.90 Å². The first kappa shape index (κ1) is 32.1. The van der Waals surface area contributed by atoms with Gasteiger partial charge in [-0.25, -0.2) is 8.78 Å². The average molecular weight is 573 g/mol. The number of hydrogen-bond donors (Lipinski definition) is 3. The van der Waals surface area contributed by atoms with Crippen molar-refractivity contribution in [2.45, 2.75) is 77.6 Å². The maximum atomic E-state index is 13.9. The summed E-state index contributed by atoms with van der Waals surface area (Å²) in [5, 5.41) is 16.9. The van der Waals surface area contributed by atoms with Crippen LogP contribution in [0.1, 0.15) is 56.7 Å². The van der Waals surface area contributed by atoms with Crippen LogP contribution in [0.3, 0.4) is 0 Å². The fraction of sp³-hybridized carbons (Fsp3) is 0.516. The predicted octanol–water partition coefficient (Wildman–Crippen LogP) is 2.95. The maximum Gasteiger partial charge on any atom is 0.312 e. The van der Waals surface area contributed by atoms with Gasteiger partial charge in [0.05, 0.1) is 12.1 Å². The van der Waals surface area contributed by atoms with Crippen molar-refractivity contribution >= 4 is 17.7 Å². The number of piperazine rings is 1. The Balaban J connectivity index is 1.68. The van der Waals surface area contributed by atoms with E-state index in [4.69, 9.17) is 0 Å². The largest absolute Gasteiger partial charge is 0.390 e. The summed E-state index contributed by atoms with van der Waals surface area (Å²) in [6.45, 7) is 6.96. The molecule has 0 aliphatic carbocycles. The number of benzene rings is 2. The summed E-state index contributed by atoms with van der Waals surface area (Å²) in [6.07, 6.45) is 2.07. The van der Waals surface area contributed by atoms with Crippen LogP contribution < -0.4 is 10.6 Å². The standard InChI is InChI=1S/C31H42F2N4O4/c1-4-7-11-37-26(6-3)19-36(30(40)31(37)41)20-29(39)35-27(15-23-13-24(32)16-25(33)14-23)28(38)18-34-17-22-10-8-9-21(5-2)12-22/h8-10,12-14,16,26-28,34,38H,4-7,11,15,17-20H2,1-3H3,(H,35,39)/t26-,27-,28+/m0/s1. The van der Waals surface area contributed by atoms with Crippen LogP contribution in [0, 0.1) is 11.6 Å². The molecule has 2 aromatic rings. The molecule has 0 spiro atoms. The Morgan fingerprint density at radius 1 is 1.02 bits per heavy atom. The zero-order valence-electron chi connectivity index (χ0n) is 24.2. The third-order valence-electron chi connectivity index (χ3n) is 7.43. The van der Waals surface area contributed by atoms with Crippen molar-refractivity contribution in [1.82, 2.24) is 20.4 Å². The zero-order chi connectivity index (χ0) is 29.9. The van der Waals surface area contributed by atoms with E-state index in [1.807, 2.05) is 32.0 Å². The quantitative estimate of drug-likeness (QED) is 0.285. The minimum atomic E-state index is -1.11. The van der Waals surface area contributed by atoms with E-state index in [-0.39, 0.29) is 37.7 Å². The molecule has 0 aromatic heterocycles. The second-order valence-electron chi connectivity index (χ2n) is 10.6. The van der Waals surface area contributed by atoms with E-state index >= 15 is 0 Å². The van der Waals surface area contributed by atoms with Crippen LogP contribution in [0.15, 0.2) is 42.5 Å². The fourth-order valence-electron chi connectivity index (χ4n) is 5.12. The highest BCUT2D eigenvalue weighted by atomic mass is 19.1. The van der Waals surface area contributed by atoms with Gasteiger partial charge in [0.1, 0.15) is 18.2 Å². The summed E-state index contributed by atoms with van der Waals surface area (Å²) in [4.78, 5) is 41.5. The normalized spacial score (nSPS) is 17.1. The Bertz CT molecular complexity index is 1170. The van der Waals surface area contributed by atoms with Crippen molar-refractivity contribution in [1.29, 1.82) is 0 Å². The molecule has 2 aromatic carbocycles. The van der Waals surface area contributed by atoms with E-state index in [9.17, 15) is 28.3 Å². The lowest BCUT2D eigenvalue weighted by Gasteiger charge is -2.40. The predicted molar refractivity (Wildman–Crippen MR) is 153 cm³/mol. The molecule has 3 amide bonds. The van der Waals surface area contributed by atoms with Gasteiger partial charge in [0, 0.05) is 38.3 Å². The first-order valence-electron chi connectivity index (χ1n) is 14.5. The first-order chi connectivity index (χ1) is 19.6. The summed E-state index contributed by atoms with van der Waals surface area (Å²) in [7, 11) is 0. The van der Waals surface area contributed by atoms with Gasteiger partial charge < -0.3 is 25.5 Å². The molecule has 1 aliphatic heterocycles. The highest BCUT2D eigenvalue weighted by Gasteiger charge is 2.38. The van der Waals surface area contributed by atoms with Gasteiger partial charge in [-0.1, -0.05) is 51.5 Å². The number of rotatable bonds is 15. The van der Waals surface area contributed by atoms with Gasteiger partial charge in [-0.3, -0.25) is 14.4 Å².